The van der Waals surface area contributed by atoms with Gasteiger partial charge < -0.3 is 29.2 Å². The predicted molar refractivity (Wildman–Crippen MR) is 137 cm³/mol. The van der Waals surface area contributed by atoms with Crippen LogP contribution in [0.1, 0.15) is 36.8 Å². The lowest BCUT2D eigenvalue weighted by molar-refractivity contribution is -0.152. The van der Waals surface area contributed by atoms with Gasteiger partial charge >= 0.3 is 17.9 Å². The van der Waals surface area contributed by atoms with E-state index in [9.17, 15) is 24.3 Å². The number of cyclic esters (lactones) is 2. The molecule has 204 valence electrons. The molecule has 1 aliphatic rings. The summed E-state index contributed by atoms with van der Waals surface area (Å²) in [6.45, 7) is 4.48. The number of aromatic nitrogens is 1. The highest BCUT2D eigenvalue weighted by Crippen LogP contribution is 2.36. The van der Waals surface area contributed by atoms with E-state index in [-0.39, 0.29) is 23.8 Å². The number of hydrogen-bond acceptors (Lipinski definition) is 10. The number of carbonyl (C=O) groups excluding carboxylic acids is 4. The number of nitrogens with one attached hydrogen (secondary N) is 1. The zero-order valence-electron chi connectivity index (χ0n) is 21.5. The predicted octanol–water partition coefficient (Wildman–Crippen LogP) is 2.40. The Bertz CT molecular complexity index is 1160. The molecule has 2 aromatic rings. The van der Waals surface area contributed by atoms with Crippen molar-refractivity contribution in [2.24, 2.45) is 11.8 Å². The molecule has 0 spiro atoms. The Kier molecular flexibility index (Phi) is 10.0. The maximum atomic E-state index is 13.3. The molecular formula is C26H31N2O9P. The van der Waals surface area contributed by atoms with Crippen LogP contribution in [0.15, 0.2) is 42.6 Å². The first-order chi connectivity index (χ1) is 18.1. The first-order valence-electron chi connectivity index (χ1n) is 12.0. The van der Waals surface area contributed by atoms with Crippen molar-refractivity contribution < 1.29 is 43.0 Å². The van der Waals surface area contributed by atoms with Crippen LogP contribution in [-0.2, 0) is 34.8 Å². The molecule has 3 rings (SSSR count). The zero-order chi connectivity index (χ0) is 27.8. The number of ether oxygens (including phenoxy) is 3. The summed E-state index contributed by atoms with van der Waals surface area (Å²) >= 11 is 0. The highest BCUT2D eigenvalue weighted by Gasteiger charge is 2.41. The smallest absolute Gasteiger partial charge is 0.332 e. The van der Waals surface area contributed by atoms with Crippen molar-refractivity contribution in [3.8, 4) is 11.5 Å². The van der Waals surface area contributed by atoms with Crippen LogP contribution in [0.3, 0.4) is 0 Å². The summed E-state index contributed by atoms with van der Waals surface area (Å²) in [6, 6.07) is 9.22. The van der Waals surface area contributed by atoms with E-state index in [2.05, 4.69) is 10.3 Å². The summed E-state index contributed by atoms with van der Waals surface area (Å²) in [7, 11) is 0.837. The molecule has 1 aromatic heterocycles. The molecule has 38 heavy (non-hydrogen) atoms. The minimum absolute atomic E-state index is 0.0192. The molecule has 11 nitrogen and oxygen atoms in total. The van der Waals surface area contributed by atoms with E-state index < -0.39 is 68.7 Å². The number of carbonyl (C=O) groups is 4. The number of hydrogen-bond donors (Lipinski definition) is 2. The molecule has 1 aromatic carbocycles. The maximum absolute atomic E-state index is 13.3. The fraction of sp³-hybridized carbons (Fsp3) is 0.423. The topological polar surface area (TPSA) is 150 Å². The number of nitrogens with zero attached hydrogens (tertiary/aromatic N) is 1. The van der Waals surface area contributed by atoms with Crippen LogP contribution in [0, 0.1) is 11.8 Å². The zero-order valence-corrected chi connectivity index (χ0v) is 22.5. The first-order valence-corrected chi connectivity index (χ1v) is 13.0. The molecule has 0 saturated carbocycles. The highest BCUT2D eigenvalue weighted by molar-refractivity contribution is 7.34. The van der Waals surface area contributed by atoms with Gasteiger partial charge in [0.25, 0.3) is 5.91 Å². The molecule has 2 N–H and O–H groups in total. The minimum Gasteiger partial charge on any atom is -0.503 e. The van der Waals surface area contributed by atoms with E-state index in [1.807, 2.05) is 30.3 Å². The van der Waals surface area contributed by atoms with Gasteiger partial charge in [0.2, 0.25) is 0 Å². The maximum Gasteiger partial charge on any atom is 0.332 e. The normalized spacial score (nSPS) is 22.1. The molecule has 12 heteroatoms. The summed E-state index contributed by atoms with van der Waals surface area (Å²) in [4.78, 5) is 55.2. The minimum atomic E-state index is -1.38. The molecule has 1 fully saturated rings. The van der Waals surface area contributed by atoms with Gasteiger partial charge in [-0.05, 0) is 18.9 Å². The monoisotopic (exact) mass is 546 g/mol. The average Bonchev–Trinajstić information content (AvgIpc) is 2.93. The van der Waals surface area contributed by atoms with Gasteiger partial charge in [-0.15, -0.1) is 0 Å². The van der Waals surface area contributed by atoms with Gasteiger partial charge in [0.05, 0.1) is 33.4 Å². The molecule has 1 amide bonds. The molecule has 0 radical (unpaired) electrons. The average molecular weight is 547 g/mol. The van der Waals surface area contributed by atoms with Crippen LogP contribution < -0.4 is 10.1 Å². The fourth-order valence-corrected chi connectivity index (χ4v) is 4.91. The SMILES string of the molecule is COc1ccnc(C(=O)NC2COC(=O)C(Cc3ccccc3)[C@@H](POC(=O)C(C)C)C(C)OC2=O)c1O. The number of esters is 2. The molecular weight excluding hydrogens is 515 g/mol. The van der Waals surface area contributed by atoms with E-state index in [1.54, 1.807) is 20.8 Å². The van der Waals surface area contributed by atoms with Crippen molar-refractivity contribution >= 4 is 32.6 Å². The van der Waals surface area contributed by atoms with Crippen molar-refractivity contribution in [3.63, 3.8) is 0 Å². The van der Waals surface area contributed by atoms with Gasteiger partial charge in [0, 0.05) is 12.3 Å². The van der Waals surface area contributed by atoms with E-state index in [0.717, 1.165) is 5.56 Å². The van der Waals surface area contributed by atoms with Crippen molar-refractivity contribution in [2.75, 3.05) is 13.7 Å². The standard InChI is InChI=1S/C26H31N2O9P/c1-14(2)24(31)37-38-22-15(3)36-26(33)18(28-23(30)20-21(29)19(34-4)10-11-27-20)13-35-25(32)17(22)12-16-8-6-5-7-9-16/h5-11,14-15,17-18,22,29,38H,12-13H2,1-4H3,(H,28,30)/t15?,17?,18?,22-/m0/s1. The van der Waals surface area contributed by atoms with Gasteiger partial charge in [0.15, 0.2) is 23.2 Å². The Hall–Kier alpha value is -3.72. The van der Waals surface area contributed by atoms with Crippen LogP contribution >= 0.6 is 8.81 Å². The van der Waals surface area contributed by atoms with Crippen LogP contribution in [0.25, 0.3) is 0 Å². The second-order valence-corrected chi connectivity index (χ2v) is 10.1. The van der Waals surface area contributed by atoms with Gasteiger partial charge in [-0.25, -0.2) is 9.78 Å². The summed E-state index contributed by atoms with van der Waals surface area (Å²) in [5.41, 5.74) is -0.215. The molecule has 5 atom stereocenters. The quantitative estimate of drug-likeness (QED) is 0.287. The Labute approximate surface area is 222 Å². The summed E-state index contributed by atoms with van der Waals surface area (Å²) in [5, 5.41) is 12.7. The van der Waals surface area contributed by atoms with Crippen LogP contribution in [0.4, 0.5) is 0 Å². The van der Waals surface area contributed by atoms with Crippen molar-refractivity contribution in [1.82, 2.24) is 10.3 Å². The van der Waals surface area contributed by atoms with Gasteiger partial charge in [-0.2, -0.15) is 0 Å². The Balaban J connectivity index is 1.85. The van der Waals surface area contributed by atoms with Crippen LogP contribution in [-0.4, -0.2) is 65.4 Å². The first kappa shape index (κ1) is 28.8. The lowest BCUT2D eigenvalue weighted by Gasteiger charge is -2.28. The molecule has 0 aliphatic carbocycles. The van der Waals surface area contributed by atoms with Gasteiger partial charge in [-0.3, -0.25) is 14.4 Å². The molecule has 1 saturated heterocycles. The number of pyridine rings is 1. The van der Waals surface area contributed by atoms with Crippen molar-refractivity contribution in [2.45, 2.75) is 45.0 Å². The lowest BCUT2D eigenvalue weighted by Crippen LogP contribution is -2.46. The number of benzene rings is 1. The second kappa shape index (κ2) is 13.2. The lowest BCUT2D eigenvalue weighted by atomic mass is 9.93. The van der Waals surface area contributed by atoms with E-state index >= 15 is 0 Å². The highest BCUT2D eigenvalue weighted by atomic mass is 31.1. The fourth-order valence-electron chi connectivity index (χ4n) is 3.75. The molecule has 2 heterocycles. The van der Waals surface area contributed by atoms with Crippen LogP contribution in [0.5, 0.6) is 11.5 Å². The van der Waals surface area contributed by atoms with Crippen molar-refractivity contribution in [3.05, 3.63) is 53.9 Å². The third-order valence-corrected chi connectivity index (χ3v) is 7.38. The molecule has 0 bridgehead atoms. The summed E-state index contributed by atoms with van der Waals surface area (Å²) in [6.07, 6.45) is 0.662. The Morgan fingerprint density at radius 1 is 1.18 bits per heavy atom. The van der Waals surface area contributed by atoms with Gasteiger partial charge in [0.1, 0.15) is 12.7 Å². The van der Waals surface area contributed by atoms with Crippen molar-refractivity contribution in [1.29, 1.82) is 0 Å². The van der Waals surface area contributed by atoms with E-state index in [1.165, 1.54) is 19.4 Å². The molecule has 4 unspecified atom stereocenters. The Morgan fingerprint density at radius 3 is 2.55 bits per heavy atom. The Morgan fingerprint density at radius 2 is 1.89 bits per heavy atom. The number of aromatic hydroxyl groups is 1. The summed E-state index contributed by atoms with van der Waals surface area (Å²) < 4.78 is 21.6. The van der Waals surface area contributed by atoms with Crippen LogP contribution in [0.2, 0.25) is 0 Å². The van der Waals surface area contributed by atoms with Gasteiger partial charge in [-0.1, -0.05) is 44.2 Å². The molecule has 1 aliphatic heterocycles. The second-order valence-electron chi connectivity index (χ2n) is 9.02. The number of amides is 1. The number of methoxy groups -OCH3 is 1. The largest absolute Gasteiger partial charge is 0.503 e. The van der Waals surface area contributed by atoms with E-state index in [4.69, 9.17) is 18.7 Å². The third kappa shape index (κ3) is 7.19. The van der Waals surface area contributed by atoms with E-state index in [0.29, 0.717) is 0 Å². The summed E-state index contributed by atoms with van der Waals surface area (Å²) in [5.74, 6) is -4.48. The third-order valence-electron chi connectivity index (χ3n) is 5.91. The number of rotatable bonds is 8.